The van der Waals surface area contributed by atoms with Crippen LogP contribution >= 0.6 is 11.8 Å². The first-order valence-corrected chi connectivity index (χ1v) is 6.06. The molecule has 0 atom stereocenters. The van der Waals surface area contributed by atoms with E-state index in [4.69, 9.17) is 0 Å². The third-order valence-electron chi connectivity index (χ3n) is 2.16. The zero-order valence-electron chi connectivity index (χ0n) is 7.86. The fraction of sp³-hybridized carbons (Fsp3) is 0.667. The first-order valence-electron chi connectivity index (χ1n) is 4.67. The molecule has 72 valence electrons. The molecule has 1 aromatic rings. The third kappa shape index (κ3) is 2.40. The summed E-state index contributed by atoms with van der Waals surface area (Å²) in [6.45, 7) is 1.05. The number of hydrogen-bond acceptors (Lipinski definition) is 3. The Labute approximate surface area is 82.9 Å². The SMILES string of the molecule is CSCCn1ccnc1NC1CC1. The van der Waals surface area contributed by atoms with E-state index < -0.39 is 0 Å². The Hall–Kier alpha value is -0.640. The first kappa shape index (κ1) is 8.94. The molecule has 2 rings (SSSR count). The Morgan fingerprint density at radius 3 is 3.23 bits per heavy atom. The summed E-state index contributed by atoms with van der Waals surface area (Å²) in [6.07, 6.45) is 8.64. The van der Waals surface area contributed by atoms with E-state index >= 15 is 0 Å². The summed E-state index contributed by atoms with van der Waals surface area (Å²) >= 11 is 1.87. The van der Waals surface area contributed by atoms with E-state index in [-0.39, 0.29) is 0 Å². The standard InChI is InChI=1S/C9H15N3S/c1-13-7-6-12-5-4-10-9(12)11-8-2-3-8/h4-5,8H,2-3,6-7H2,1H3,(H,10,11). The van der Waals surface area contributed by atoms with Gasteiger partial charge in [0.2, 0.25) is 5.95 Å². The molecule has 0 bridgehead atoms. The minimum atomic E-state index is 0.690. The highest BCUT2D eigenvalue weighted by molar-refractivity contribution is 7.98. The molecule has 13 heavy (non-hydrogen) atoms. The normalized spacial score (nSPS) is 16.1. The number of hydrogen-bond donors (Lipinski definition) is 1. The van der Waals surface area contributed by atoms with Crippen molar-refractivity contribution in [3.8, 4) is 0 Å². The molecule has 0 amide bonds. The summed E-state index contributed by atoms with van der Waals surface area (Å²) in [4.78, 5) is 4.29. The Bertz CT molecular complexity index is 268. The van der Waals surface area contributed by atoms with E-state index in [2.05, 4.69) is 21.1 Å². The highest BCUT2D eigenvalue weighted by Gasteiger charge is 2.22. The fourth-order valence-corrected chi connectivity index (χ4v) is 1.61. The van der Waals surface area contributed by atoms with Crippen LogP contribution in [0.5, 0.6) is 0 Å². The van der Waals surface area contributed by atoms with Crippen molar-refractivity contribution in [2.75, 3.05) is 17.3 Å². The molecule has 0 spiro atoms. The average Bonchev–Trinajstić information content (AvgIpc) is 2.82. The molecule has 0 saturated heterocycles. The van der Waals surface area contributed by atoms with E-state index in [9.17, 15) is 0 Å². The van der Waals surface area contributed by atoms with Gasteiger partial charge in [-0.2, -0.15) is 11.8 Å². The molecule has 0 radical (unpaired) electrons. The summed E-state index contributed by atoms with van der Waals surface area (Å²) in [6, 6.07) is 0.690. The number of rotatable bonds is 5. The Kier molecular flexibility index (Phi) is 2.78. The monoisotopic (exact) mass is 197 g/mol. The zero-order valence-corrected chi connectivity index (χ0v) is 8.68. The maximum absolute atomic E-state index is 4.29. The predicted octanol–water partition coefficient (Wildman–Crippen LogP) is 1.82. The van der Waals surface area contributed by atoms with Crippen molar-refractivity contribution in [2.24, 2.45) is 0 Å². The lowest BCUT2D eigenvalue weighted by atomic mass is 10.6. The summed E-state index contributed by atoms with van der Waals surface area (Å²) in [5, 5.41) is 3.42. The first-order chi connectivity index (χ1) is 6.40. The molecule has 1 heterocycles. The van der Waals surface area contributed by atoms with Gasteiger partial charge >= 0.3 is 0 Å². The van der Waals surface area contributed by atoms with Gasteiger partial charge in [-0.25, -0.2) is 4.98 Å². The Balaban J connectivity index is 1.93. The zero-order chi connectivity index (χ0) is 9.10. The second-order valence-corrected chi connectivity index (χ2v) is 4.34. The van der Waals surface area contributed by atoms with Gasteiger partial charge in [0.05, 0.1) is 0 Å². The van der Waals surface area contributed by atoms with Crippen LogP contribution in [0, 0.1) is 0 Å². The molecule has 1 N–H and O–H groups in total. The summed E-state index contributed by atoms with van der Waals surface area (Å²) < 4.78 is 2.19. The van der Waals surface area contributed by atoms with E-state index in [0.29, 0.717) is 6.04 Å². The molecular weight excluding hydrogens is 182 g/mol. The van der Waals surface area contributed by atoms with Crippen LogP contribution in [0.4, 0.5) is 5.95 Å². The molecular formula is C9H15N3S. The van der Waals surface area contributed by atoms with Crippen LogP contribution < -0.4 is 5.32 Å². The van der Waals surface area contributed by atoms with Gasteiger partial charge in [0.25, 0.3) is 0 Å². The maximum Gasteiger partial charge on any atom is 0.203 e. The van der Waals surface area contributed by atoms with Gasteiger partial charge in [-0.1, -0.05) is 0 Å². The largest absolute Gasteiger partial charge is 0.353 e. The molecule has 0 unspecified atom stereocenters. The van der Waals surface area contributed by atoms with Crippen LogP contribution in [0.3, 0.4) is 0 Å². The number of nitrogens with zero attached hydrogens (tertiary/aromatic N) is 2. The number of aryl methyl sites for hydroxylation is 1. The molecule has 3 nitrogen and oxygen atoms in total. The van der Waals surface area contributed by atoms with Crippen molar-refractivity contribution in [3.63, 3.8) is 0 Å². The fourth-order valence-electron chi connectivity index (χ4n) is 1.23. The summed E-state index contributed by atoms with van der Waals surface area (Å²) in [5.74, 6) is 2.19. The van der Waals surface area contributed by atoms with Crippen molar-refractivity contribution in [3.05, 3.63) is 12.4 Å². The lowest BCUT2D eigenvalue weighted by Crippen LogP contribution is -2.09. The van der Waals surface area contributed by atoms with Crippen LogP contribution in [-0.2, 0) is 6.54 Å². The highest BCUT2D eigenvalue weighted by Crippen LogP contribution is 2.23. The molecule has 1 aliphatic carbocycles. The molecule has 0 aliphatic heterocycles. The molecule has 4 heteroatoms. The summed E-state index contributed by atoms with van der Waals surface area (Å²) in [7, 11) is 0. The van der Waals surface area contributed by atoms with Gasteiger partial charge < -0.3 is 9.88 Å². The number of thioether (sulfide) groups is 1. The topological polar surface area (TPSA) is 29.9 Å². The van der Waals surface area contributed by atoms with Crippen molar-refractivity contribution in [1.29, 1.82) is 0 Å². The smallest absolute Gasteiger partial charge is 0.203 e. The average molecular weight is 197 g/mol. The van der Waals surface area contributed by atoms with Crippen molar-refractivity contribution in [1.82, 2.24) is 9.55 Å². The second kappa shape index (κ2) is 4.05. The van der Waals surface area contributed by atoms with Crippen LogP contribution in [0.1, 0.15) is 12.8 Å². The van der Waals surface area contributed by atoms with Gasteiger partial charge in [-0.05, 0) is 19.1 Å². The number of nitrogens with one attached hydrogen (secondary N) is 1. The lowest BCUT2D eigenvalue weighted by molar-refractivity contribution is 0.772. The maximum atomic E-state index is 4.29. The Morgan fingerprint density at radius 2 is 2.54 bits per heavy atom. The molecule has 1 fully saturated rings. The van der Waals surface area contributed by atoms with Gasteiger partial charge in [0.1, 0.15) is 0 Å². The second-order valence-electron chi connectivity index (χ2n) is 3.36. The van der Waals surface area contributed by atoms with Crippen molar-refractivity contribution < 1.29 is 0 Å². The molecule has 1 saturated carbocycles. The predicted molar refractivity (Wildman–Crippen MR) is 57.3 cm³/mol. The molecule has 1 aliphatic rings. The van der Waals surface area contributed by atoms with E-state index in [1.807, 2.05) is 24.2 Å². The van der Waals surface area contributed by atoms with E-state index in [0.717, 1.165) is 18.2 Å². The lowest BCUT2D eigenvalue weighted by Gasteiger charge is -2.07. The van der Waals surface area contributed by atoms with Gasteiger partial charge in [-0.3, -0.25) is 0 Å². The minimum Gasteiger partial charge on any atom is -0.353 e. The third-order valence-corrected chi connectivity index (χ3v) is 2.75. The minimum absolute atomic E-state index is 0.690. The van der Waals surface area contributed by atoms with Gasteiger partial charge in [0.15, 0.2) is 0 Å². The number of anilines is 1. The van der Waals surface area contributed by atoms with Crippen molar-refractivity contribution in [2.45, 2.75) is 25.4 Å². The Morgan fingerprint density at radius 1 is 1.69 bits per heavy atom. The van der Waals surface area contributed by atoms with Gasteiger partial charge in [0, 0.05) is 30.7 Å². The number of imidazole rings is 1. The van der Waals surface area contributed by atoms with Crippen LogP contribution in [-0.4, -0.2) is 27.6 Å². The van der Waals surface area contributed by atoms with E-state index in [1.165, 1.54) is 12.8 Å². The van der Waals surface area contributed by atoms with E-state index in [1.54, 1.807) is 0 Å². The van der Waals surface area contributed by atoms with Crippen LogP contribution in [0.2, 0.25) is 0 Å². The number of aromatic nitrogens is 2. The van der Waals surface area contributed by atoms with Gasteiger partial charge in [-0.15, -0.1) is 0 Å². The quantitative estimate of drug-likeness (QED) is 0.781. The van der Waals surface area contributed by atoms with Crippen molar-refractivity contribution >= 4 is 17.7 Å². The van der Waals surface area contributed by atoms with Crippen LogP contribution in [0.25, 0.3) is 0 Å². The van der Waals surface area contributed by atoms with Crippen LogP contribution in [0.15, 0.2) is 12.4 Å². The summed E-state index contributed by atoms with van der Waals surface area (Å²) in [5.41, 5.74) is 0. The molecule has 1 aromatic heterocycles. The highest BCUT2D eigenvalue weighted by atomic mass is 32.2. The molecule has 0 aromatic carbocycles.